The van der Waals surface area contributed by atoms with Crippen molar-refractivity contribution in [2.24, 2.45) is 0 Å². The SMILES string of the molecule is CC(=O)Oc1c[nH]c2ccc(C(F)(F)F)cc12. The molecule has 3 nitrogen and oxygen atoms in total. The zero-order valence-electron chi connectivity index (χ0n) is 8.76. The summed E-state index contributed by atoms with van der Waals surface area (Å²) in [7, 11) is 0. The van der Waals surface area contributed by atoms with E-state index in [-0.39, 0.29) is 11.1 Å². The van der Waals surface area contributed by atoms with Crippen LogP contribution >= 0.6 is 0 Å². The normalized spacial score (nSPS) is 11.8. The Hall–Kier alpha value is -1.98. The number of aromatic nitrogens is 1. The van der Waals surface area contributed by atoms with E-state index in [0.717, 1.165) is 12.1 Å². The van der Waals surface area contributed by atoms with Gasteiger partial charge in [0.1, 0.15) is 0 Å². The fourth-order valence-electron chi connectivity index (χ4n) is 1.51. The Balaban J connectivity index is 2.54. The highest BCUT2D eigenvalue weighted by molar-refractivity contribution is 5.89. The van der Waals surface area contributed by atoms with E-state index in [4.69, 9.17) is 4.74 Å². The first-order chi connectivity index (χ1) is 7.88. The van der Waals surface area contributed by atoms with E-state index in [1.165, 1.54) is 19.2 Å². The molecule has 0 bridgehead atoms. The number of ether oxygens (including phenoxy) is 1. The second-order valence-corrected chi connectivity index (χ2v) is 3.50. The minimum absolute atomic E-state index is 0.0959. The van der Waals surface area contributed by atoms with Crippen LogP contribution in [0.2, 0.25) is 0 Å². The summed E-state index contributed by atoms with van der Waals surface area (Å²) in [4.78, 5) is 13.5. The van der Waals surface area contributed by atoms with Gasteiger partial charge < -0.3 is 9.72 Å². The van der Waals surface area contributed by atoms with Gasteiger partial charge in [0.15, 0.2) is 5.75 Å². The van der Waals surface area contributed by atoms with Crippen LogP contribution in [-0.4, -0.2) is 11.0 Å². The molecule has 0 saturated carbocycles. The molecule has 0 fully saturated rings. The Morgan fingerprint density at radius 3 is 2.65 bits per heavy atom. The third-order valence-corrected chi connectivity index (χ3v) is 2.22. The van der Waals surface area contributed by atoms with Crippen LogP contribution in [0.4, 0.5) is 13.2 Å². The maximum atomic E-state index is 12.5. The molecule has 1 heterocycles. The molecule has 90 valence electrons. The number of alkyl halides is 3. The molecular weight excluding hydrogens is 235 g/mol. The van der Waals surface area contributed by atoms with Crippen LogP contribution in [-0.2, 0) is 11.0 Å². The molecule has 0 aliphatic rings. The fourth-order valence-corrected chi connectivity index (χ4v) is 1.51. The van der Waals surface area contributed by atoms with Gasteiger partial charge in [0.2, 0.25) is 0 Å². The highest BCUT2D eigenvalue weighted by atomic mass is 19.4. The lowest BCUT2D eigenvalue weighted by Crippen LogP contribution is -2.04. The summed E-state index contributed by atoms with van der Waals surface area (Å²) in [5.41, 5.74) is -0.299. The van der Waals surface area contributed by atoms with E-state index >= 15 is 0 Å². The second kappa shape index (κ2) is 3.80. The average molecular weight is 243 g/mol. The quantitative estimate of drug-likeness (QED) is 0.782. The number of hydrogen-bond donors (Lipinski definition) is 1. The highest BCUT2D eigenvalue weighted by Crippen LogP contribution is 2.34. The van der Waals surface area contributed by atoms with Gasteiger partial charge in [-0.25, -0.2) is 0 Å². The van der Waals surface area contributed by atoms with Gasteiger partial charge >= 0.3 is 12.1 Å². The van der Waals surface area contributed by atoms with E-state index in [1.807, 2.05) is 0 Å². The third kappa shape index (κ3) is 2.25. The van der Waals surface area contributed by atoms with Crippen molar-refractivity contribution < 1.29 is 22.7 Å². The van der Waals surface area contributed by atoms with Gasteiger partial charge in [-0.15, -0.1) is 0 Å². The van der Waals surface area contributed by atoms with Crippen LogP contribution in [0.1, 0.15) is 12.5 Å². The first-order valence-electron chi connectivity index (χ1n) is 4.74. The van der Waals surface area contributed by atoms with Crippen molar-refractivity contribution in [1.82, 2.24) is 4.98 Å². The molecule has 0 aliphatic heterocycles. The average Bonchev–Trinajstić information content (AvgIpc) is 2.59. The lowest BCUT2D eigenvalue weighted by molar-refractivity contribution is -0.137. The van der Waals surface area contributed by atoms with Crippen molar-refractivity contribution >= 4 is 16.9 Å². The van der Waals surface area contributed by atoms with Crippen LogP contribution in [0, 0.1) is 0 Å². The molecule has 0 amide bonds. The molecule has 0 unspecified atom stereocenters. The molecule has 2 aromatic rings. The molecule has 0 radical (unpaired) electrons. The van der Waals surface area contributed by atoms with Gasteiger partial charge in [-0.3, -0.25) is 4.79 Å². The first-order valence-corrected chi connectivity index (χ1v) is 4.74. The van der Waals surface area contributed by atoms with E-state index in [9.17, 15) is 18.0 Å². The number of esters is 1. The van der Waals surface area contributed by atoms with Gasteiger partial charge in [-0.1, -0.05) is 0 Å². The van der Waals surface area contributed by atoms with Crippen molar-refractivity contribution in [3.8, 4) is 5.75 Å². The zero-order chi connectivity index (χ0) is 12.6. The molecule has 2 rings (SSSR count). The van der Waals surface area contributed by atoms with Crippen molar-refractivity contribution in [3.05, 3.63) is 30.0 Å². The number of aromatic amines is 1. The number of hydrogen-bond acceptors (Lipinski definition) is 2. The van der Waals surface area contributed by atoms with Crippen molar-refractivity contribution in [3.63, 3.8) is 0 Å². The van der Waals surface area contributed by atoms with Gasteiger partial charge in [0.25, 0.3) is 0 Å². The maximum Gasteiger partial charge on any atom is 0.416 e. The van der Waals surface area contributed by atoms with Crippen LogP contribution in [0.3, 0.4) is 0 Å². The number of carbonyl (C=O) groups is 1. The molecule has 6 heteroatoms. The van der Waals surface area contributed by atoms with Crippen molar-refractivity contribution in [2.75, 3.05) is 0 Å². The van der Waals surface area contributed by atoms with Gasteiger partial charge in [-0.05, 0) is 18.2 Å². The van der Waals surface area contributed by atoms with Crippen LogP contribution in [0.25, 0.3) is 10.9 Å². The van der Waals surface area contributed by atoms with E-state index in [2.05, 4.69) is 4.98 Å². The number of nitrogens with one attached hydrogen (secondary N) is 1. The smallest absolute Gasteiger partial charge is 0.416 e. The number of carbonyl (C=O) groups excluding carboxylic acids is 1. The van der Waals surface area contributed by atoms with Crippen LogP contribution < -0.4 is 4.74 Å². The Morgan fingerprint density at radius 2 is 2.06 bits per heavy atom. The van der Waals surface area contributed by atoms with E-state index in [1.54, 1.807) is 0 Å². The molecule has 1 aromatic carbocycles. The molecule has 0 spiro atoms. The lowest BCUT2D eigenvalue weighted by atomic mass is 10.1. The summed E-state index contributed by atoms with van der Waals surface area (Å²) >= 11 is 0. The summed E-state index contributed by atoms with van der Waals surface area (Å²) in [6.07, 6.45) is -3.06. The minimum Gasteiger partial charge on any atom is -0.424 e. The molecule has 0 atom stereocenters. The topological polar surface area (TPSA) is 42.1 Å². The molecular formula is C11H8F3NO2. The molecule has 0 aliphatic carbocycles. The van der Waals surface area contributed by atoms with Crippen LogP contribution in [0.15, 0.2) is 24.4 Å². The number of H-pyrrole nitrogens is 1. The Morgan fingerprint density at radius 1 is 1.35 bits per heavy atom. The number of halogens is 3. The molecule has 1 aromatic heterocycles. The van der Waals surface area contributed by atoms with E-state index in [0.29, 0.717) is 5.52 Å². The zero-order valence-corrected chi connectivity index (χ0v) is 8.76. The number of fused-ring (bicyclic) bond motifs is 1. The summed E-state index contributed by atoms with van der Waals surface area (Å²) < 4.78 is 42.3. The minimum atomic E-state index is -4.42. The predicted octanol–water partition coefficient (Wildman–Crippen LogP) is 3.11. The highest BCUT2D eigenvalue weighted by Gasteiger charge is 2.30. The summed E-state index contributed by atoms with van der Waals surface area (Å²) in [5.74, 6) is -0.484. The summed E-state index contributed by atoms with van der Waals surface area (Å²) in [6, 6.07) is 3.21. The summed E-state index contributed by atoms with van der Waals surface area (Å²) in [5, 5.41) is 0.232. The van der Waals surface area contributed by atoms with Gasteiger partial charge in [0, 0.05) is 24.0 Å². The first kappa shape index (κ1) is 11.5. The lowest BCUT2D eigenvalue weighted by Gasteiger charge is -2.06. The summed E-state index contributed by atoms with van der Waals surface area (Å²) in [6.45, 7) is 1.19. The van der Waals surface area contributed by atoms with Gasteiger partial charge in [-0.2, -0.15) is 13.2 Å². The Bertz CT molecular complexity index is 572. The maximum absolute atomic E-state index is 12.5. The Kier molecular flexibility index (Phi) is 2.57. The predicted molar refractivity (Wildman–Crippen MR) is 54.6 cm³/mol. The molecule has 1 N–H and O–H groups in total. The van der Waals surface area contributed by atoms with Crippen molar-refractivity contribution in [1.29, 1.82) is 0 Å². The fraction of sp³-hybridized carbons (Fsp3) is 0.182. The number of rotatable bonds is 1. The Labute approximate surface area is 94.2 Å². The third-order valence-electron chi connectivity index (χ3n) is 2.22. The molecule has 17 heavy (non-hydrogen) atoms. The van der Waals surface area contributed by atoms with Crippen LogP contribution in [0.5, 0.6) is 5.75 Å². The number of benzene rings is 1. The standard InChI is InChI=1S/C11H8F3NO2/c1-6(16)17-10-5-15-9-3-2-7(4-8(9)10)11(12,13)14/h2-5,15H,1H3. The van der Waals surface area contributed by atoms with E-state index < -0.39 is 17.7 Å². The van der Waals surface area contributed by atoms with Crippen molar-refractivity contribution in [2.45, 2.75) is 13.1 Å². The molecule has 0 saturated heterocycles. The largest absolute Gasteiger partial charge is 0.424 e. The van der Waals surface area contributed by atoms with Gasteiger partial charge in [0.05, 0.1) is 5.56 Å². The monoisotopic (exact) mass is 243 g/mol. The second-order valence-electron chi connectivity index (χ2n) is 3.50.